The van der Waals surface area contributed by atoms with Crippen molar-refractivity contribution in [1.29, 1.82) is 0 Å². The predicted octanol–water partition coefficient (Wildman–Crippen LogP) is 3.12. The van der Waals surface area contributed by atoms with E-state index < -0.39 is 28.9 Å². The molecule has 2 aromatic heterocycles. The van der Waals surface area contributed by atoms with E-state index in [1.165, 1.54) is 36.8 Å². The summed E-state index contributed by atoms with van der Waals surface area (Å²) in [5.74, 6) is -2.07. The third-order valence-corrected chi connectivity index (χ3v) is 6.65. The zero-order valence-electron chi connectivity index (χ0n) is 18.1. The van der Waals surface area contributed by atoms with E-state index in [9.17, 15) is 23.9 Å². The lowest BCUT2D eigenvalue weighted by molar-refractivity contribution is 0.0704. The quantitative estimate of drug-likeness (QED) is 0.432. The molecule has 0 fully saturated rings. The number of halogens is 2. The van der Waals surface area contributed by atoms with E-state index in [-0.39, 0.29) is 33.8 Å². The molecule has 9 nitrogen and oxygen atoms in total. The fourth-order valence-corrected chi connectivity index (χ4v) is 4.93. The number of methoxy groups -OCH3 is 1. The van der Waals surface area contributed by atoms with Gasteiger partial charge in [0.2, 0.25) is 0 Å². The van der Waals surface area contributed by atoms with Crippen LogP contribution >= 0.6 is 11.3 Å². The maximum atomic E-state index is 15.1. The monoisotopic (exact) mass is 501 g/mol. The highest BCUT2D eigenvalue weighted by Crippen LogP contribution is 2.35. The van der Waals surface area contributed by atoms with Crippen molar-refractivity contribution in [3.63, 3.8) is 0 Å². The van der Waals surface area contributed by atoms with Crippen molar-refractivity contribution in [2.45, 2.75) is 6.54 Å². The van der Waals surface area contributed by atoms with Gasteiger partial charge in [-0.3, -0.25) is 4.79 Å². The summed E-state index contributed by atoms with van der Waals surface area (Å²) < 4.78 is 40.5. The Bertz CT molecular complexity index is 1610. The first-order valence-electron chi connectivity index (χ1n) is 10.3. The van der Waals surface area contributed by atoms with Crippen molar-refractivity contribution in [2.24, 2.45) is 0 Å². The second-order valence-electron chi connectivity index (χ2n) is 7.73. The summed E-state index contributed by atoms with van der Waals surface area (Å²) in [7, 11) is 1.35. The molecular weight excluding hydrogens is 484 g/mol. The molecule has 0 aliphatic carbocycles. The number of hydrogen-bond donors (Lipinski definition) is 2. The van der Waals surface area contributed by atoms with E-state index >= 15 is 4.39 Å². The number of carboxylic acids is 1. The molecule has 2 aromatic carbocycles. The number of rotatable bonds is 5. The van der Waals surface area contributed by atoms with Gasteiger partial charge in [-0.15, -0.1) is 11.3 Å². The largest absolute Gasteiger partial charge is 0.496 e. The minimum Gasteiger partial charge on any atom is -0.496 e. The molecule has 12 heteroatoms. The Labute approximate surface area is 199 Å². The molecule has 0 bridgehead atoms. The van der Waals surface area contributed by atoms with Crippen molar-refractivity contribution in [1.82, 2.24) is 9.55 Å². The van der Waals surface area contributed by atoms with E-state index in [2.05, 4.69) is 4.98 Å². The maximum Gasteiger partial charge on any atom is 0.346 e. The zero-order valence-corrected chi connectivity index (χ0v) is 18.9. The number of anilines is 1. The predicted molar refractivity (Wildman–Crippen MR) is 124 cm³/mol. The summed E-state index contributed by atoms with van der Waals surface area (Å²) in [6, 6.07) is 6.44. The lowest BCUT2D eigenvalue weighted by atomic mass is 10.1. The standard InChI is InChI=1S/C23H17F2N3O6S/c1-33-18-8-13(25)15(28-21(29)19-14(26-23(28)32)10-35-20(19)22(30)31)6-11(18)9-27-4-5-34-17-3-2-12(24)7-16(17)27/h2-3,6-8,10H,4-5,9H2,1H3,(H,26,32)(H,30,31). The molecular formula is C23H17F2N3O6S. The van der Waals surface area contributed by atoms with Crippen LogP contribution < -0.4 is 25.6 Å². The van der Waals surface area contributed by atoms with Crippen LogP contribution in [0.25, 0.3) is 16.6 Å². The van der Waals surface area contributed by atoms with Crippen LogP contribution in [0.15, 0.2) is 45.3 Å². The SMILES string of the molecule is COc1cc(F)c(-n2c(=O)[nH]c3csc(C(=O)O)c3c2=O)cc1CN1CCOc2ccc(F)cc21. The van der Waals surface area contributed by atoms with Gasteiger partial charge in [-0.1, -0.05) is 0 Å². The fraction of sp³-hybridized carbons (Fsp3) is 0.174. The van der Waals surface area contributed by atoms with Crippen molar-refractivity contribution in [2.75, 3.05) is 25.2 Å². The maximum absolute atomic E-state index is 15.1. The first-order chi connectivity index (χ1) is 16.8. The number of aromatic nitrogens is 2. The molecule has 35 heavy (non-hydrogen) atoms. The Hall–Kier alpha value is -4.19. The number of thiophene rings is 1. The van der Waals surface area contributed by atoms with E-state index in [1.54, 1.807) is 4.90 Å². The average molecular weight is 501 g/mol. The number of hydrogen-bond acceptors (Lipinski definition) is 7. The van der Waals surface area contributed by atoms with Crippen LogP contribution in [0.3, 0.4) is 0 Å². The van der Waals surface area contributed by atoms with Crippen LogP contribution in [0.4, 0.5) is 14.5 Å². The highest BCUT2D eigenvalue weighted by atomic mass is 32.1. The van der Waals surface area contributed by atoms with Crippen molar-refractivity contribution >= 4 is 33.9 Å². The lowest BCUT2D eigenvalue weighted by Crippen LogP contribution is -2.35. The molecule has 5 rings (SSSR count). The van der Waals surface area contributed by atoms with Crippen LogP contribution in [0.5, 0.6) is 11.5 Å². The summed E-state index contributed by atoms with van der Waals surface area (Å²) in [4.78, 5) is 41.4. The van der Waals surface area contributed by atoms with Crippen molar-refractivity contribution < 1.29 is 28.2 Å². The molecule has 2 N–H and O–H groups in total. The molecule has 3 heterocycles. The van der Waals surface area contributed by atoms with E-state index in [4.69, 9.17) is 9.47 Å². The molecule has 0 amide bonds. The number of carboxylic acid groups (broad SMARTS) is 1. The minimum atomic E-state index is -1.34. The Morgan fingerprint density at radius 3 is 2.77 bits per heavy atom. The second kappa shape index (κ2) is 8.55. The van der Waals surface area contributed by atoms with Gasteiger partial charge in [0, 0.05) is 29.6 Å². The number of aromatic amines is 1. The Kier molecular flexibility index (Phi) is 5.52. The molecule has 4 aromatic rings. The zero-order chi connectivity index (χ0) is 24.9. The number of carbonyl (C=O) groups is 1. The van der Waals surface area contributed by atoms with Gasteiger partial charge in [0.15, 0.2) is 5.82 Å². The molecule has 0 unspecified atom stereocenters. The third kappa shape index (κ3) is 3.81. The molecule has 0 spiro atoms. The molecule has 0 radical (unpaired) electrons. The molecule has 180 valence electrons. The average Bonchev–Trinajstić information content (AvgIpc) is 3.25. The van der Waals surface area contributed by atoms with E-state index in [0.29, 0.717) is 34.7 Å². The number of benzene rings is 2. The van der Waals surface area contributed by atoms with Crippen LogP contribution in [0, 0.1) is 11.6 Å². The second-order valence-corrected chi connectivity index (χ2v) is 8.61. The van der Waals surface area contributed by atoms with E-state index in [0.717, 1.165) is 17.4 Å². The van der Waals surface area contributed by atoms with Gasteiger partial charge in [-0.25, -0.2) is 22.9 Å². The number of nitrogens with zero attached hydrogens (tertiary/aromatic N) is 2. The van der Waals surface area contributed by atoms with E-state index in [1.807, 2.05) is 0 Å². The van der Waals surface area contributed by atoms with Gasteiger partial charge >= 0.3 is 11.7 Å². The molecule has 1 aliphatic rings. The number of H-pyrrole nitrogens is 1. The Balaban J connectivity index is 1.66. The topological polar surface area (TPSA) is 114 Å². The van der Waals surface area contributed by atoms with Gasteiger partial charge in [0.05, 0.1) is 35.9 Å². The van der Waals surface area contributed by atoms with Crippen LogP contribution in [-0.4, -0.2) is 40.9 Å². The highest BCUT2D eigenvalue weighted by Gasteiger charge is 2.24. The van der Waals surface area contributed by atoms with Gasteiger partial charge in [-0.2, -0.15) is 0 Å². The molecule has 0 saturated carbocycles. The van der Waals surface area contributed by atoms with Gasteiger partial charge in [0.25, 0.3) is 5.56 Å². The number of fused-ring (bicyclic) bond motifs is 2. The van der Waals surface area contributed by atoms with Crippen LogP contribution in [0.1, 0.15) is 15.2 Å². The normalized spacial score (nSPS) is 12.9. The van der Waals surface area contributed by atoms with Crippen LogP contribution in [0.2, 0.25) is 0 Å². The lowest BCUT2D eigenvalue weighted by Gasteiger charge is -2.31. The third-order valence-electron chi connectivity index (χ3n) is 5.68. The molecule has 1 aliphatic heterocycles. The molecule has 0 atom stereocenters. The summed E-state index contributed by atoms with van der Waals surface area (Å²) >= 11 is 0.783. The first-order valence-corrected chi connectivity index (χ1v) is 11.2. The van der Waals surface area contributed by atoms with Gasteiger partial charge < -0.3 is 24.5 Å². The number of ether oxygens (including phenoxy) is 2. The van der Waals surface area contributed by atoms with Crippen LogP contribution in [-0.2, 0) is 6.54 Å². The number of aromatic carboxylic acids is 1. The number of nitrogens with one attached hydrogen (secondary N) is 1. The molecule has 0 saturated heterocycles. The van der Waals surface area contributed by atoms with Crippen molar-refractivity contribution in [3.8, 4) is 17.2 Å². The summed E-state index contributed by atoms with van der Waals surface area (Å²) in [6.07, 6.45) is 0. The Morgan fingerprint density at radius 1 is 1.23 bits per heavy atom. The van der Waals surface area contributed by atoms with Gasteiger partial charge in [-0.05, 0) is 18.2 Å². The highest BCUT2D eigenvalue weighted by molar-refractivity contribution is 7.13. The first kappa shape index (κ1) is 22.6. The summed E-state index contributed by atoms with van der Waals surface area (Å²) in [5.41, 5.74) is -1.30. The van der Waals surface area contributed by atoms with Gasteiger partial charge in [0.1, 0.15) is 28.8 Å². The summed E-state index contributed by atoms with van der Waals surface area (Å²) in [5, 5.41) is 10.5. The summed E-state index contributed by atoms with van der Waals surface area (Å²) in [6.45, 7) is 0.862. The minimum absolute atomic E-state index is 0.0553. The fourth-order valence-electron chi connectivity index (χ4n) is 4.10. The van der Waals surface area contributed by atoms with Crippen molar-refractivity contribution in [3.05, 3.63) is 78.6 Å². The smallest absolute Gasteiger partial charge is 0.346 e. The Morgan fingerprint density at radius 2 is 2.03 bits per heavy atom.